The standard InChI is InChI=1S/C17H18F3N5O.C2HF3O2/c1-10-12(8-21)15(23-24(10)2)22-16(26)14-7-11-5-3-4-6-13(11)25(14)9-17(18,19)20;3-2(4,5)1(6)7/h3-7H,8-9,21H2,1-2H3,(H,22,23,26);(H,6,7). The van der Waals surface area contributed by atoms with Crippen molar-refractivity contribution in [3.8, 4) is 0 Å². The molecule has 180 valence electrons. The molecule has 14 heteroatoms. The van der Waals surface area contributed by atoms with Crippen molar-refractivity contribution < 1.29 is 41.0 Å². The molecule has 0 spiro atoms. The van der Waals surface area contributed by atoms with Crippen molar-refractivity contribution in [3.63, 3.8) is 0 Å². The molecule has 0 bridgehead atoms. The fraction of sp³-hybridized carbons (Fsp3) is 0.316. The lowest BCUT2D eigenvalue weighted by Crippen LogP contribution is -2.24. The van der Waals surface area contributed by atoms with E-state index in [1.54, 1.807) is 42.9 Å². The number of para-hydroxylation sites is 1. The second-order valence-electron chi connectivity index (χ2n) is 6.79. The molecular weight excluding hydrogens is 460 g/mol. The summed E-state index contributed by atoms with van der Waals surface area (Å²) in [7, 11) is 1.70. The molecule has 2 aromatic heterocycles. The van der Waals surface area contributed by atoms with Crippen LogP contribution in [0.5, 0.6) is 0 Å². The van der Waals surface area contributed by atoms with Crippen molar-refractivity contribution in [1.29, 1.82) is 0 Å². The molecule has 0 aliphatic carbocycles. The van der Waals surface area contributed by atoms with Crippen LogP contribution in [0.15, 0.2) is 30.3 Å². The van der Waals surface area contributed by atoms with Gasteiger partial charge in [-0.25, -0.2) is 4.79 Å². The third kappa shape index (κ3) is 6.25. The van der Waals surface area contributed by atoms with Crippen molar-refractivity contribution in [2.24, 2.45) is 12.8 Å². The number of nitrogens with zero attached hydrogens (tertiary/aromatic N) is 3. The van der Waals surface area contributed by atoms with Gasteiger partial charge in [-0.15, -0.1) is 0 Å². The van der Waals surface area contributed by atoms with Gasteiger partial charge in [-0.3, -0.25) is 9.48 Å². The maximum atomic E-state index is 13.0. The van der Waals surface area contributed by atoms with Gasteiger partial charge in [-0.2, -0.15) is 31.4 Å². The normalized spacial score (nSPS) is 11.8. The topological polar surface area (TPSA) is 115 Å². The first-order chi connectivity index (χ1) is 15.2. The number of anilines is 1. The van der Waals surface area contributed by atoms with Crippen LogP contribution in [0.2, 0.25) is 0 Å². The summed E-state index contributed by atoms with van der Waals surface area (Å²) in [6.07, 6.45) is -9.54. The Morgan fingerprint density at radius 1 is 1.15 bits per heavy atom. The Labute approximate surface area is 182 Å². The third-order valence-electron chi connectivity index (χ3n) is 4.52. The zero-order valence-electron chi connectivity index (χ0n) is 17.3. The number of hydrogen-bond donors (Lipinski definition) is 3. The monoisotopic (exact) mass is 479 g/mol. The van der Waals surface area contributed by atoms with Gasteiger partial charge in [0.05, 0.1) is 0 Å². The molecule has 0 unspecified atom stereocenters. The molecule has 1 amide bonds. The molecule has 0 aliphatic rings. The number of carboxylic acids is 1. The second-order valence-corrected chi connectivity index (χ2v) is 6.79. The van der Waals surface area contributed by atoms with Crippen molar-refractivity contribution in [2.75, 3.05) is 5.32 Å². The average molecular weight is 479 g/mol. The number of amides is 1. The van der Waals surface area contributed by atoms with Crippen molar-refractivity contribution in [2.45, 2.75) is 32.4 Å². The number of carboxylic acid groups (broad SMARTS) is 1. The Hall–Kier alpha value is -3.55. The molecular formula is C19H19F6N5O3. The summed E-state index contributed by atoms with van der Waals surface area (Å²) in [5.74, 6) is -3.17. The van der Waals surface area contributed by atoms with Crippen LogP contribution >= 0.6 is 0 Å². The maximum absolute atomic E-state index is 13.0. The number of carbonyl (C=O) groups excluding carboxylic acids is 1. The molecule has 2 heterocycles. The number of aromatic nitrogens is 3. The molecule has 33 heavy (non-hydrogen) atoms. The van der Waals surface area contributed by atoms with E-state index < -0.39 is 30.8 Å². The van der Waals surface area contributed by atoms with Gasteiger partial charge in [-0.05, 0) is 19.1 Å². The predicted octanol–water partition coefficient (Wildman–Crippen LogP) is 3.59. The van der Waals surface area contributed by atoms with Crippen LogP contribution in [-0.2, 0) is 24.9 Å². The van der Waals surface area contributed by atoms with E-state index in [2.05, 4.69) is 10.4 Å². The lowest BCUT2D eigenvalue weighted by atomic mass is 10.2. The molecule has 0 saturated carbocycles. The minimum Gasteiger partial charge on any atom is -0.475 e. The third-order valence-corrected chi connectivity index (χ3v) is 4.52. The van der Waals surface area contributed by atoms with Gasteiger partial charge in [0.15, 0.2) is 5.82 Å². The molecule has 3 aromatic rings. The lowest BCUT2D eigenvalue weighted by Gasteiger charge is -2.13. The van der Waals surface area contributed by atoms with E-state index in [4.69, 9.17) is 15.6 Å². The Morgan fingerprint density at radius 3 is 2.24 bits per heavy atom. The van der Waals surface area contributed by atoms with Crippen LogP contribution in [-0.4, -0.2) is 43.7 Å². The van der Waals surface area contributed by atoms with E-state index in [-0.39, 0.29) is 18.1 Å². The number of aliphatic carboxylic acids is 1. The van der Waals surface area contributed by atoms with Crippen LogP contribution in [0.25, 0.3) is 10.9 Å². The smallest absolute Gasteiger partial charge is 0.475 e. The van der Waals surface area contributed by atoms with E-state index in [9.17, 15) is 31.1 Å². The molecule has 0 radical (unpaired) electrons. The van der Waals surface area contributed by atoms with Gasteiger partial charge in [-0.1, -0.05) is 18.2 Å². The molecule has 0 atom stereocenters. The first-order valence-corrected chi connectivity index (χ1v) is 9.14. The Bertz CT molecular complexity index is 1160. The van der Waals surface area contributed by atoms with Crippen LogP contribution in [0.3, 0.4) is 0 Å². The zero-order valence-corrected chi connectivity index (χ0v) is 17.3. The van der Waals surface area contributed by atoms with Crippen LogP contribution in [0.1, 0.15) is 21.7 Å². The quantitative estimate of drug-likeness (QED) is 0.495. The molecule has 3 rings (SSSR count). The SMILES string of the molecule is Cc1c(CN)c(NC(=O)c2cc3ccccc3n2CC(F)(F)F)nn1C.O=C(O)C(F)(F)F. The minimum atomic E-state index is -5.08. The number of hydrogen-bond acceptors (Lipinski definition) is 4. The lowest BCUT2D eigenvalue weighted by molar-refractivity contribution is -0.192. The number of aryl methyl sites for hydroxylation is 1. The maximum Gasteiger partial charge on any atom is 0.490 e. The number of rotatable bonds is 4. The van der Waals surface area contributed by atoms with E-state index in [0.717, 1.165) is 10.3 Å². The highest BCUT2D eigenvalue weighted by Gasteiger charge is 2.38. The number of halogens is 6. The summed E-state index contributed by atoms with van der Waals surface area (Å²) < 4.78 is 73.3. The molecule has 0 saturated heterocycles. The van der Waals surface area contributed by atoms with Crippen LogP contribution in [0.4, 0.5) is 32.2 Å². The Kier molecular flexibility index (Phi) is 7.42. The van der Waals surface area contributed by atoms with Gasteiger partial charge >= 0.3 is 18.3 Å². The Balaban J connectivity index is 0.000000479. The number of nitrogens with two attached hydrogens (primary N) is 1. The van der Waals surface area contributed by atoms with E-state index in [1.807, 2.05) is 0 Å². The summed E-state index contributed by atoms with van der Waals surface area (Å²) in [6.45, 7) is 0.695. The fourth-order valence-electron chi connectivity index (χ4n) is 2.92. The minimum absolute atomic E-state index is 0.0881. The summed E-state index contributed by atoms with van der Waals surface area (Å²) >= 11 is 0. The first kappa shape index (κ1) is 25.7. The second kappa shape index (κ2) is 9.52. The fourth-order valence-corrected chi connectivity index (χ4v) is 2.92. The number of carbonyl (C=O) groups is 2. The van der Waals surface area contributed by atoms with Crippen LogP contribution < -0.4 is 11.1 Å². The summed E-state index contributed by atoms with van der Waals surface area (Å²) in [4.78, 5) is 21.6. The van der Waals surface area contributed by atoms with Gasteiger partial charge in [0, 0.05) is 35.8 Å². The van der Waals surface area contributed by atoms with E-state index in [1.165, 1.54) is 6.07 Å². The number of fused-ring (bicyclic) bond motifs is 1. The molecule has 8 nitrogen and oxygen atoms in total. The zero-order chi connectivity index (χ0) is 25.1. The molecule has 4 N–H and O–H groups in total. The summed E-state index contributed by atoms with van der Waals surface area (Å²) in [6, 6.07) is 7.99. The highest BCUT2D eigenvalue weighted by molar-refractivity contribution is 6.06. The number of nitrogens with one attached hydrogen (secondary N) is 1. The van der Waals surface area contributed by atoms with Gasteiger partial charge in [0.2, 0.25) is 0 Å². The van der Waals surface area contributed by atoms with Crippen molar-refractivity contribution >= 4 is 28.6 Å². The predicted molar refractivity (Wildman–Crippen MR) is 105 cm³/mol. The highest BCUT2D eigenvalue weighted by Crippen LogP contribution is 2.27. The van der Waals surface area contributed by atoms with E-state index >= 15 is 0 Å². The van der Waals surface area contributed by atoms with Crippen molar-refractivity contribution in [3.05, 3.63) is 47.3 Å². The number of benzene rings is 1. The largest absolute Gasteiger partial charge is 0.490 e. The first-order valence-electron chi connectivity index (χ1n) is 9.14. The van der Waals surface area contributed by atoms with Gasteiger partial charge < -0.3 is 20.7 Å². The van der Waals surface area contributed by atoms with E-state index in [0.29, 0.717) is 16.5 Å². The Morgan fingerprint density at radius 2 is 1.73 bits per heavy atom. The highest BCUT2D eigenvalue weighted by atomic mass is 19.4. The van der Waals surface area contributed by atoms with Crippen molar-refractivity contribution in [1.82, 2.24) is 14.3 Å². The number of alkyl halides is 6. The molecule has 1 aromatic carbocycles. The summed E-state index contributed by atoms with van der Waals surface area (Å²) in [5, 5.41) is 14.4. The van der Waals surface area contributed by atoms with Crippen LogP contribution in [0, 0.1) is 6.92 Å². The average Bonchev–Trinajstić information content (AvgIpc) is 3.17. The molecule has 0 fully saturated rings. The summed E-state index contributed by atoms with van der Waals surface area (Å²) in [5.41, 5.74) is 7.36. The molecule has 0 aliphatic heterocycles. The van der Waals surface area contributed by atoms with Gasteiger partial charge in [0.1, 0.15) is 12.2 Å². The van der Waals surface area contributed by atoms with Gasteiger partial charge in [0.25, 0.3) is 5.91 Å².